The Kier molecular flexibility index (Phi) is 5.82. The van der Waals surface area contributed by atoms with Crippen molar-refractivity contribution in [3.8, 4) is 11.1 Å². The first-order valence-electron chi connectivity index (χ1n) is 7.62. The lowest BCUT2D eigenvalue weighted by atomic mass is 10.0. The SMILES string of the molecule is CC(C)C[C@H](NCc1ccc(-c2ccncc2)cc1F)C(=O)O. The van der Waals surface area contributed by atoms with Gasteiger partial charge in [0.05, 0.1) is 0 Å². The van der Waals surface area contributed by atoms with Crippen LogP contribution in [0, 0.1) is 11.7 Å². The highest BCUT2D eigenvalue weighted by Crippen LogP contribution is 2.21. The molecule has 0 saturated heterocycles. The molecule has 4 nitrogen and oxygen atoms in total. The average molecular weight is 316 g/mol. The molecule has 2 aromatic rings. The summed E-state index contributed by atoms with van der Waals surface area (Å²) in [5, 5.41) is 12.1. The summed E-state index contributed by atoms with van der Waals surface area (Å²) in [5.41, 5.74) is 2.12. The van der Waals surface area contributed by atoms with Gasteiger partial charge in [0.2, 0.25) is 0 Å². The van der Waals surface area contributed by atoms with Crippen LogP contribution in [0.4, 0.5) is 4.39 Å². The Bertz CT molecular complexity index is 659. The first-order chi connectivity index (χ1) is 11.0. The minimum absolute atomic E-state index is 0.187. The Morgan fingerprint density at radius 3 is 2.48 bits per heavy atom. The van der Waals surface area contributed by atoms with Crippen molar-refractivity contribution in [2.75, 3.05) is 0 Å². The zero-order valence-electron chi connectivity index (χ0n) is 13.3. The highest BCUT2D eigenvalue weighted by Gasteiger charge is 2.18. The normalized spacial score (nSPS) is 12.3. The number of hydrogen-bond acceptors (Lipinski definition) is 3. The lowest BCUT2D eigenvalue weighted by Crippen LogP contribution is -2.37. The highest BCUT2D eigenvalue weighted by atomic mass is 19.1. The third kappa shape index (κ3) is 4.86. The molecule has 1 aromatic carbocycles. The van der Waals surface area contributed by atoms with Crippen LogP contribution in [0.5, 0.6) is 0 Å². The molecule has 1 aromatic heterocycles. The lowest BCUT2D eigenvalue weighted by Gasteiger charge is -2.17. The molecule has 0 aliphatic heterocycles. The fourth-order valence-corrected chi connectivity index (χ4v) is 2.39. The van der Waals surface area contributed by atoms with Crippen LogP contribution >= 0.6 is 0 Å². The summed E-state index contributed by atoms with van der Waals surface area (Å²) in [6.45, 7) is 4.11. The molecule has 0 saturated carbocycles. The predicted octanol–water partition coefficient (Wildman–Crippen LogP) is 3.48. The molecule has 2 N–H and O–H groups in total. The molecule has 0 aliphatic rings. The van der Waals surface area contributed by atoms with Crippen LogP contribution in [0.2, 0.25) is 0 Å². The minimum atomic E-state index is -0.910. The minimum Gasteiger partial charge on any atom is -0.480 e. The first kappa shape index (κ1) is 17.1. The van der Waals surface area contributed by atoms with E-state index in [2.05, 4.69) is 10.3 Å². The summed E-state index contributed by atoms with van der Waals surface area (Å²) >= 11 is 0. The van der Waals surface area contributed by atoms with Gasteiger partial charge in [0.15, 0.2) is 0 Å². The van der Waals surface area contributed by atoms with E-state index in [1.165, 1.54) is 6.07 Å². The molecule has 0 amide bonds. The van der Waals surface area contributed by atoms with E-state index in [1.807, 2.05) is 32.0 Å². The van der Waals surface area contributed by atoms with Crippen LogP contribution in [-0.2, 0) is 11.3 Å². The van der Waals surface area contributed by atoms with Gasteiger partial charge in [0.1, 0.15) is 11.9 Å². The molecule has 0 bridgehead atoms. The molecular weight excluding hydrogens is 295 g/mol. The van der Waals surface area contributed by atoms with Gasteiger partial charge in [0.25, 0.3) is 0 Å². The highest BCUT2D eigenvalue weighted by molar-refractivity contribution is 5.73. The number of rotatable bonds is 7. The molecule has 0 spiro atoms. The summed E-state index contributed by atoms with van der Waals surface area (Å²) in [5.74, 6) is -1.00. The van der Waals surface area contributed by atoms with Crippen molar-refractivity contribution in [2.45, 2.75) is 32.9 Å². The number of aromatic nitrogens is 1. The van der Waals surface area contributed by atoms with Gasteiger partial charge >= 0.3 is 5.97 Å². The van der Waals surface area contributed by atoms with E-state index in [0.717, 1.165) is 11.1 Å². The van der Waals surface area contributed by atoms with E-state index in [4.69, 9.17) is 0 Å². The van der Waals surface area contributed by atoms with Crippen LogP contribution in [-0.4, -0.2) is 22.1 Å². The number of carbonyl (C=O) groups is 1. The second kappa shape index (κ2) is 7.83. The Balaban J connectivity index is 2.08. The Morgan fingerprint density at radius 1 is 1.22 bits per heavy atom. The van der Waals surface area contributed by atoms with Crippen LogP contribution in [0.3, 0.4) is 0 Å². The number of nitrogens with one attached hydrogen (secondary N) is 1. The van der Waals surface area contributed by atoms with Gasteiger partial charge in [-0.1, -0.05) is 26.0 Å². The van der Waals surface area contributed by atoms with Crippen LogP contribution in [0.1, 0.15) is 25.8 Å². The molecule has 23 heavy (non-hydrogen) atoms. The number of carboxylic acid groups (broad SMARTS) is 1. The van der Waals surface area contributed by atoms with Gasteiger partial charge < -0.3 is 10.4 Å². The second-order valence-corrected chi connectivity index (χ2v) is 5.94. The van der Waals surface area contributed by atoms with Crippen molar-refractivity contribution in [1.29, 1.82) is 0 Å². The summed E-state index contributed by atoms with van der Waals surface area (Å²) < 4.78 is 14.2. The second-order valence-electron chi connectivity index (χ2n) is 5.94. The summed E-state index contributed by atoms with van der Waals surface area (Å²) in [7, 11) is 0. The van der Waals surface area contributed by atoms with Crippen molar-refractivity contribution in [3.63, 3.8) is 0 Å². The van der Waals surface area contributed by atoms with Crippen molar-refractivity contribution >= 4 is 5.97 Å². The standard InChI is InChI=1S/C18H21FN2O2/c1-12(2)9-17(18(22)23)21-11-15-4-3-14(10-16(15)19)13-5-7-20-8-6-13/h3-8,10,12,17,21H,9,11H2,1-2H3,(H,22,23)/t17-/m0/s1. The van der Waals surface area contributed by atoms with E-state index in [0.29, 0.717) is 12.0 Å². The van der Waals surface area contributed by atoms with E-state index < -0.39 is 12.0 Å². The maximum Gasteiger partial charge on any atom is 0.320 e. The number of halogens is 1. The number of hydrogen-bond donors (Lipinski definition) is 2. The van der Waals surface area contributed by atoms with Gasteiger partial charge in [0, 0.05) is 24.5 Å². The molecular formula is C18H21FN2O2. The average Bonchev–Trinajstić information content (AvgIpc) is 2.52. The van der Waals surface area contributed by atoms with Gasteiger partial charge in [-0.25, -0.2) is 4.39 Å². The number of benzene rings is 1. The summed E-state index contributed by atoms with van der Waals surface area (Å²) in [6, 6.07) is 7.94. The topological polar surface area (TPSA) is 62.2 Å². The van der Waals surface area contributed by atoms with Gasteiger partial charge in [-0.3, -0.25) is 9.78 Å². The first-order valence-corrected chi connectivity index (χ1v) is 7.62. The molecule has 0 aliphatic carbocycles. The molecule has 122 valence electrons. The Labute approximate surface area is 135 Å². The Morgan fingerprint density at radius 2 is 1.91 bits per heavy atom. The lowest BCUT2D eigenvalue weighted by molar-refractivity contribution is -0.140. The Hall–Kier alpha value is -2.27. The van der Waals surface area contributed by atoms with Crippen molar-refractivity contribution in [2.24, 2.45) is 5.92 Å². The smallest absolute Gasteiger partial charge is 0.320 e. The molecule has 2 rings (SSSR count). The quantitative estimate of drug-likeness (QED) is 0.821. The maximum absolute atomic E-state index is 14.2. The number of carboxylic acids is 1. The molecule has 1 heterocycles. The van der Waals surface area contributed by atoms with Crippen molar-refractivity contribution in [1.82, 2.24) is 10.3 Å². The third-order valence-electron chi connectivity index (χ3n) is 3.61. The largest absolute Gasteiger partial charge is 0.480 e. The molecule has 0 fully saturated rings. The maximum atomic E-state index is 14.2. The zero-order valence-corrected chi connectivity index (χ0v) is 13.3. The fraction of sp³-hybridized carbons (Fsp3) is 0.333. The zero-order chi connectivity index (χ0) is 16.8. The van der Waals surface area contributed by atoms with Crippen molar-refractivity contribution < 1.29 is 14.3 Å². The number of aliphatic carboxylic acids is 1. The predicted molar refractivity (Wildman–Crippen MR) is 87.3 cm³/mol. The summed E-state index contributed by atoms with van der Waals surface area (Å²) in [6.07, 6.45) is 3.82. The number of nitrogens with zero attached hydrogens (tertiary/aromatic N) is 1. The fourth-order valence-electron chi connectivity index (χ4n) is 2.39. The van der Waals surface area contributed by atoms with Gasteiger partial charge in [-0.15, -0.1) is 0 Å². The van der Waals surface area contributed by atoms with Crippen LogP contribution in [0.15, 0.2) is 42.7 Å². The molecule has 0 unspecified atom stereocenters. The van der Waals surface area contributed by atoms with E-state index in [-0.39, 0.29) is 18.3 Å². The summed E-state index contributed by atoms with van der Waals surface area (Å²) in [4.78, 5) is 15.2. The molecule has 1 atom stereocenters. The third-order valence-corrected chi connectivity index (χ3v) is 3.61. The van der Waals surface area contributed by atoms with Gasteiger partial charge in [-0.2, -0.15) is 0 Å². The number of pyridine rings is 1. The van der Waals surface area contributed by atoms with Gasteiger partial charge in [-0.05, 0) is 41.7 Å². The van der Waals surface area contributed by atoms with Crippen LogP contribution in [0.25, 0.3) is 11.1 Å². The van der Waals surface area contributed by atoms with Crippen LogP contribution < -0.4 is 5.32 Å². The monoisotopic (exact) mass is 316 g/mol. The van der Waals surface area contributed by atoms with E-state index in [1.54, 1.807) is 18.5 Å². The van der Waals surface area contributed by atoms with E-state index >= 15 is 0 Å². The molecule has 0 radical (unpaired) electrons. The molecule has 5 heteroatoms. The van der Waals surface area contributed by atoms with Crippen molar-refractivity contribution in [3.05, 3.63) is 54.1 Å². The van der Waals surface area contributed by atoms with E-state index in [9.17, 15) is 14.3 Å².